The van der Waals surface area contributed by atoms with E-state index in [1.54, 1.807) is 0 Å². The molecule has 58 valence electrons. The van der Waals surface area contributed by atoms with E-state index >= 15 is 0 Å². The first-order valence-corrected chi connectivity index (χ1v) is 4.51. The van der Waals surface area contributed by atoms with Crippen LogP contribution in [-0.4, -0.2) is 6.54 Å². The normalized spacial score (nSPS) is 9.18. The second kappa shape index (κ2) is 4.38. The zero-order valence-corrected chi connectivity index (χ0v) is 8.34. The van der Waals surface area contributed by atoms with Gasteiger partial charge in [-0.05, 0) is 46.9 Å². The summed E-state index contributed by atoms with van der Waals surface area (Å²) in [5.41, 5.74) is 1.14. The van der Waals surface area contributed by atoms with Crippen molar-refractivity contribution in [2.45, 2.75) is 0 Å². The summed E-state index contributed by atoms with van der Waals surface area (Å²) in [7, 11) is 0. The Morgan fingerprint density at radius 1 is 1.36 bits per heavy atom. The molecule has 0 unspecified atom stereocenters. The molecular weight excluding hydrogens is 249 g/mol. The average molecular weight is 259 g/mol. The SMILES string of the molecule is C=CCNc1ccc(I)cc1. The molecule has 1 nitrogen and oxygen atoms in total. The number of hydrogen-bond donors (Lipinski definition) is 1. The molecule has 1 rings (SSSR count). The van der Waals surface area contributed by atoms with Gasteiger partial charge < -0.3 is 5.32 Å². The van der Waals surface area contributed by atoms with Crippen molar-refractivity contribution in [2.75, 3.05) is 11.9 Å². The fourth-order valence-corrected chi connectivity index (χ4v) is 1.12. The predicted octanol–water partition coefficient (Wildman–Crippen LogP) is 2.89. The minimum Gasteiger partial charge on any atom is -0.382 e. The molecule has 0 fully saturated rings. The van der Waals surface area contributed by atoms with Gasteiger partial charge in [-0.2, -0.15) is 0 Å². The van der Waals surface area contributed by atoms with Crippen molar-refractivity contribution in [1.29, 1.82) is 0 Å². The van der Waals surface area contributed by atoms with Gasteiger partial charge in [-0.15, -0.1) is 6.58 Å². The quantitative estimate of drug-likeness (QED) is 0.650. The molecule has 0 aliphatic carbocycles. The first-order chi connectivity index (χ1) is 5.33. The summed E-state index contributed by atoms with van der Waals surface area (Å²) in [6.45, 7) is 4.45. The molecule has 0 aliphatic heterocycles. The molecule has 0 atom stereocenters. The average Bonchev–Trinajstić information content (AvgIpc) is 2.04. The Bertz CT molecular complexity index is 228. The van der Waals surface area contributed by atoms with Crippen molar-refractivity contribution >= 4 is 28.3 Å². The molecule has 0 saturated heterocycles. The molecule has 0 heterocycles. The molecule has 0 aliphatic rings. The van der Waals surface area contributed by atoms with E-state index in [1.165, 1.54) is 3.57 Å². The maximum atomic E-state index is 3.63. The second-order valence-corrected chi connectivity index (χ2v) is 3.42. The number of rotatable bonds is 3. The van der Waals surface area contributed by atoms with Crippen molar-refractivity contribution in [1.82, 2.24) is 0 Å². The smallest absolute Gasteiger partial charge is 0.0343 e. The molecule has 0 spiro atoms. The molecule has 0 aromatic heterocycles. The summed E-state index contributed by atoms with van der Waals surface area (Å²) in [6, 6.07) is 8.27. The van der Waals surface area contributed by atoms with Gasteiger partial charge in [-0.25, -0.2) is 0 Å². The monoisotopic (exact) mass is 259 g/mol. The Hall–Kier alpha value is -0.510. The van der Waals surface area contributed by atoms with Crippen molar-refractivity contribution in [3.8, 4) is 0 Å². The molecule has 11 heavy (non-hydrogen) atoms. The number of nitrogens with one attached hydrogen (secondary N) is 1. The molecular formula is C9H10IN. The highest BCUT2D eigenvalue weighted by Gasteiger charge is 1.87. The molecule has 1 aromatic carbocycles. The summed E-state index contributed by atoms with van der Waals surface area (Å²) in [4.78, 5) is 0. The third-order valence-corrected chi connectivity index (χ3v) is 2.01. The van der Waals surface area contributed by atoms with Crippen LogP contribution in [0.2, 0.25) is 0 Å². The van der Waals surface area contributed by atoms with Crippen LogP contribution in [0.25, 0.3) is 0 Å². The highest BCUT2D eigenvalue weighted by atomic mass is 127. The third kappa shape index (κ3) is 2.93. The van der Waals surface area contributed by atoms with Crippen molar-refractivity contribution < 1.29 is 0 Å². The van der Waals surface area contributed by atoms with Crippen molar-refractivity contribution in [2.24, 2.45) is 0 Å². The molecule has 0 amide bonds. The van der Waals surface area contributed by atoms with Crippen LogP contribution in [0.1, 0.15) is 0 Å². The van der Waals surface area contributed by atoms with E-state index in [4.69, 9.17) is 0 Å². The van der Waals surface area contributed by atoms with Gasteiger partial charge in [0.2, 0.25) is 0 Å². The van der Waals surface area contributed by atoms with Crippen LogP contribution in [-0.2, 0) is 0 Å². The van der Waals surface area contributed by atoms with E-state index in [2.05, 4.69) is 58.8 Å². The van der Waals surface area contributed by atoms with Gasteiger partial charge in [0.15, 0.2) is 0 Å². The lowest BCUT2D eigenvalue weighted by atomic mass is 10.3. The third-order valence-electron chi connectivity index (χ3n) is 1.29. The van der Waals surface area contributed by atoms with Crippen LogP contribution in [0.5, 0.6) is 0 Å². The summed E-state index contributed by atoms with van der Waals surface area (Å²) in [5.74, 6) is 0. The van der Waals surface area contributed by atoms with Crippen LogP contribution in [0.3, 0.4) is 0 Å². The number of anilines is 1. The van der Waals surface area contributed by atoms with Crippen LogP contribution >= 0.6 is 22.6 Å². The first-order valence-electron chi connectivity index (χ1n) is 3.43. The molecule has 0 bridgehead atoms. The topological polar surface area (TPSA) is 12.0 Å². The minimum absolute atomic E-state index is 0.820. The van der Waals surface area contributed by atoms with Gasteiger partial charge in [0.05, 0.1) is 0 Å². The van der Waals surface area contributed by atoms with Gasteiger partial charge in [0.1, 0.15) is 0 Å². The Kier molecular flexibility index (Phi) is 3.42. The fourth-order valence-electron chi connectivity index (χ4n) is 0.758. The lowest BCUT2D eigenvalue weighted by Gasteiger charge is -2.01. The number of hydrogen-bond acceptors (Lipinski definition) is 1. The van der Waals surface area contributed by atoms with Crippen molar-refractivity contribution in [3.63, 3.8) is 0 Å². The zero-order valence-electron chi connectivity index (χ0n) is 6.18. The van der Waals surface area contributed by atoms with Gasteiger partial charge in [-0.1, -0.05) is 6.08 Å². The highest BCUT2D eigenvalue weighted by molar-refractivity contribution is 14.1. The Morgan fingerprint density at radius 2 is 2.00 bits per heavy atom. The fraction of sp³-hybridized carbons (Fsp3) is 0.111. The van der Waals surface area contributed by atoms with E-state index in [0.717, 1.165) is 12.2 Å². The maximum absolute atomic E-state index is 3.63. The van der Waals surface area contributed by atoms with Gasteiger partial charge in [0, 0.05) is 15.8 Å². The van der Waals surface area contributed by atoms with Gasteiger partial charge in [-0.3, -0.25) is 0 Å². The minimum atomic E-state index is 0.820. The van der Waals surface area contributed by atoms with Gasteiger partial charge in [0.25, 0.3) is 0 Å². The van der Waals surface area contributed by atoms with Crippen LogP contribution < -0.4 is 5.32 Å². The van der Waals surface area contributed by atoms with E-state index in [9.17, 15) is 0 Å². The lowest BCUT2D eigenvalue weighted by molar-refractivity contribution is 1.34. The molecule has 1 N–H and O–H groups in total. The maximum Gasteiger partial charge on any atom is 0.0343 e. The highest BCUT2D eigenvalue weighted by Crippen LogP contribution is 2.10. The standard InChI is InChI=1S/C9H10IN/c1-2-7-11-9-5-3-8(10)4-6-9/h2-6,11H,1,7H2. The van der Waals surface area contributed by atoms with E-state index in [0.29, 0.717) is 0 Å². The molecule has 0 radical (unpaired) electrons. The first kappa shape index (κ1) is 8.59. The zero-order chi connectivity index (χ0) is 8.10. The van der Waals surface area contributed by atoms with Crippen LogP contribution in [0, 0.1) is 3.57 Å². The van der Waals surface area contributed by atoms with Crippen LogP contribution in [0.15, 0.2) is 36.9 Å². The largest absolute Gasteiger partial charge is 0.382 e. The Labute approximate surface area is 80.6 Å². The van der Waals surface area contributed by atoms with Crippen LogP contribution in [0.4, 0.5) is 5.69 Å². The summed E-state index contributed by atoms with van der Waals surface area (Å²) in [5, 5.41) is 3.20. The van der Waals surface area contributed by atoms with E-state index in [1.807, 2.05) is 6.08 Å². The molecule has 1 aromatic rings. The summed E-state index contributed by atoms with van der Waals surface area (Å²) < 4.78 is 1.26. The predicted molar refractivity (Wildman–Crippen MR) is 57.8 cm³/mol. The Balaban J connectivity index is 2.58. The number of benzene rings is 1. The lowest BCUT2D eigenvalue weighted by Crippen LogP contribution is -1.96. The number of halogens is 1. The molecule has 0 saturated carbocycles. The second-order valence-electron chi connectivity index (χ2n) is 2.18. The molecule has 2 heteroatoms. The van der Waals surface area contributed by atoms with Crippen molar-refractivity contribution in [3.05, 3.63) is 40.5 Å². The summed E-state index contributed by atoms with van der Waals surface area (Å²) >= 11 is 2.29. The summed E-state index contributed by atoms with van der Waals surface area (Å²) in [6.07, 6.45) is 1.85. The Morgan fingerprint density at radius 3 is 2.55 bits per heavy atom. The van der Waals surface area contributed by atoms with E-state index < -0.39 is 0 Å². The van der Waals surface area contributed by atoms with E-state index in [-0.39, 0.29) is 0 Å². The van der Waals surface area contributed by atoms with Gasteiger partial charge >= 0.3 is 0 Å².